The average molecular weight is 494 g/mol. The zero-order valence-corrected chi connectivity index (χ0v) is 21.6. The molecule has 0 bridgehead atoms. The first-order chi connectivity index (χ1) is 17.1. The highest BCUT2D eigenvalue weighted by atomic mass is 16.7. The predicted octanol–water partition coefficient (Wildman–Crippen LogP) is 4.74. The zero-order chi connectivity index (χ0) is 26.3. The fraction of sp³-hybridized carbons (Fsp3) is 0.407. The first kappa shape index (κ1) is 26.9. The number of aliphatic imine (C=N–C) groups is 1. The number of nitrogens with two attached hydrogens (primary N) is 1. The van der Waals surface area contributed by atoms with Gasteiger partial charge in [-0.25, -0.2) is 14.9 Å². The van der Waals surface area contributed by atoms with Crippen molar-refractivity contribution in [1.29, 1.82) is 0 Å². The molecule has 1 aromatic carbocycles. The van der Waals surface area contributed by atoms with Gasteiger partial charge in [-0.2, -0.15) is 0 Å². The normalized spacial score (nSPS) is 13.1. The molecule has 1 aliphatic rings. The number of ether oxygens (including phenoxy) is 1. The molecule has 0 fully saturated rings. The van der Waals surface area contributed by atoms with Gasteiger partial charge in [0.2, 0.25) is 0 Å². The maximum absolute atomic E-state index is 13.0. The minimum Gasteiger partial charge on any atom is -0.444 e. The molecule has 36 heavy (non-hydrogen) atoms. The van der Waals surface area contributed by atoms with Crippen LogP contribution in [0.5, 0.6) is 0 Å². The molecule has 0 unspecified atom stereocenters. The van der Waals surface area contributed by atoms with E-state index in [0.717, 1.165) is 23.1 Å². The molecule has 1 aromatic heterocycles. The van der Waals surface area contributed by atoms with Crippen molar-refractivity contribution >= 4 is 29.6 Å². The van der Waals surface area contributed by atoms with Gasteiger partial charge in [0, 0.05) is 35.9 Å². The van der Waals surface area contributed by atoms with Crippen LogP contribution < -0.4 is 11.1 Å². The molecule has 0 saturated carbocycles. The van der Waals surface area contributed by atoms with Crippen molar-refractivity contribution in [3.8, 4) is 11.1 Å². The maximum Gasteiger partial charge on any atom is 0.407 e. The fourth-order valence-electron chi connectivity index (χ4n) is 3.63. The van der Waals surface area contributed by atoms with Crippen molar-refractivity contribution in [1.82, 2.24) is 15.4 Å². The smallest absolute Gasteiger partial charge is 0.407 e. The Balaban J connectivity index is 1.77. The van der Waals surface area contributed by atoms with Gasteiger partial charge in [0.25, 0.3) is 5.91 Å². The number of carbonyl (C=O) groups excluding carboxylic acids is 2. The van der Waals surface area contributed by atoms with Crippen LogP contribution in [0.1, 0.15) is 58.7 Å². The summed E-state index contributed by atoms with van der Waals surface area (Å²) >= 11 is 0. The predicted molar refractivity (Wildman–Crippen MR) is 140 cm³/mol. The lowest BCUT2D eigenvalue weighted by molar-refractivity contribution is -0.180. The van der Waals surface area contributed by atoms with E-state index in [2.05, 4.69) is 15.3 Å². The third-order valence-corrected chi connectivity index (χ3v) is 5.18. The van der Waals surface area contributed by atoms with Crippen molar-refractivity contribution in [2.24, 2.45) is 10.7 Å². The van der Waals surface area contributed by atoms with Crippen LogP contribution in [0.25, 0.3) is 17.2 Å². The zero-order valence-electron chi connectivity index (χ0n) is 21.6. The molecular formula is C27H35N5O4. The molecule has 0 atom stereocenters. The minimum atomic E-state index is -0.556. The lowest BCUT2D eigenvalue weighted by Crippen LogP contribution is -2.34. The molecule has 2 amide bonds. The van der Waals surface area contributed by atoms with Crippen LogP contribution >= 0.6 is 0 Å². The molecule has 0 aliphatic carbocycles. The van der Waals surface area contributed by atoms with E-state index in [4.69, 9.17) is 15.3 Å². The Hall–Kier alpha value is -3.72. The third-order valence-electron chi connectivity index (χ3n) is 5.18. The second-order valence-corrected chi connectivity index (χ2v) is 9.44. The Kier molecular flexibility index (Phi) is 8.82. The summed E-state index contributed by atoms with van der Waals surface area (Å²) in [7, 11) is 0. The number of hydrogen-bond donors (Lipinski definition) is 2. The van der Waals surface area contributed by atoms with E-state index in [-0.39, 0.29) is 18.9 Å². The number of hydrogen-bond acceptors (Lipinski definition) is 7. The number of nitrogens with one attached hydrogen (secondary N) is 1. The topological polar surface area (TPSA) is 119 Å². The van der Waals surface area contributed by atoms with E-state index >= 15 is 0 Å². The molecule has 0 saturated heterocycles. The number of fused-ring (bicyclic) bond motifs is 1. The van der Waals surface area contributed by atoms with E-state index in [1.54, 1.807) is 6.20 Å². The number of carbonyl (C=O) groups is 2. The van der Waals surface area contributed by atoms with Crippen molar-refractivity contribution in [2.45, 2.75) is 59.6 Å². The van der Waals surface area contributed by atoms with Gasteiger partial charge < -0.3 is 15.8 Å². The molecule has 3 N–H and O–H groups in total. The number of aromatic nitrogens is 1. The summed E-state index contributed by atoms with van der Waals surface area (Å²) in [5, 5.41) is 4.09. The highest BCUT2D eigenvalue weighted by molar-refractivity contribution is 6.05. The van der Waals surface area contributed by atoms with E-state index in [1.807, 2.05) is 71.0 Å². The number of benzene rings is 1. The van der Waals surface area contributed by atoms with E-state index < -0.39 is 11.7 Å². The molecule has 9 heteroatoms. The summed E-state index contributed by atoms with van der Waals surface area (Å²) in [6, 6.07) is 9.58. The van der Waals surface area contributed by atoms with Crippen LogP contribution in [0.4, 0.5) is 10.5 Å². The van der Waals surface area contributed by atoms with E-state index in [0.29, 0.717) is 35.9 Å². The Morgan fingerprint density at radius 3 is 2.53 bits per heavy atom. The van der Waals surface area contributed by atoms with E-state index in [1.165, 1.54) is 5.06 Å². The summed E-state index contributed by atoms with van der Waals surface area (Å²) in [5.74, 6) is 0.161. The van der Waals surface area contributed by atoms with Gasteiger partial charge in [-0.15, -0.1) is 0 Å². The molecular weight excluding hydrogens is 458 g/mol. The Morgan fingerprint density at radius 2 is 1.89 bits per heavy atom. The number of amides is 2. The maximum atomic E-state index is 13.0. The molecule has 2 heterocycles. The lowest BCUT2D eigenvalue weighted by Gasteiger charge is -2.21. The first-order valence-electron chi connectivity index (χ1n) is 12.1. The van der Waals surface area contributed by atoms with Gasteiger partial charge in [-0.1, -0.05) is 25.1 Å². The number of nitrogens with zero attached hydrogens (tertiary/aromatic N) is 3. The van der Waals surface area contributed by atoms with Crippen LogP contribution in [-0.4, -0.2) is 46.6 Å². The molecule has 9 nitrogen and oxygen atoms in total. The third kappa shape index (κ3) is 7.39. The second kappa shape index (κ2) is 11.8. The highest BCUT2D eigenvalue weighted by Crippen LogP contribution is 2.32. The SMILES string of the molecule is CCCN(OCC)C(=O)C1=Cc2ccc(-c3ccc(CNC(=O)OC(C)(C)C)nc3)cc2N=C(N)C1. The van der Waals surface area contributed by atoms with Gasteiger partial charge in [0.15, 0.2) is 0 Å². The first-order valence-corrected chi connectivity index (χ1v) is 12.1. The second-order valence-electron chi connectivity index (χ2n) is 9.44. The standard InChI is InChI=1S/C27H35N5O4/c1-6-12-32(35-7-2)25(33)21-13-19-9-8-18(14-23(19)31-24(28)15-21)20-10-11-22(29-16-20)17-30-26(34)36-27(3,4)5/h8-11,13-14,16H,6-7,12,15,17H2,1-5H3,(H2,28,31)(H,30,34). The monoisotopic (exact) mass is 493 g/mol. The van der Waals surface area contributed by atoms with Crippen LogP contribution in [0.2, 0.25) is 0 Å². The Labute approximate surface area is 212 Å². The molecule has 0 spiro atoms. The van der Waals surface area contributed by atoms with Crippen LogP contribution in [-0.2, 0) is 20.9 Å². The van der Waals surface area contributed by atoms with Crippen molar-refractivity contribution in [3.63, 3.8) is 0 Å². The summed E-state index contributed by atoms with van der Waals surface area (Å²) in [4.78, 5) is 39.4. The number of amidine groups is 1. The van der Waals surface area contributed by atoms with Crippen molar-refractivity contribution in [2.75, 3.05) is 13.2 Å². The highest BCUT2D eigenvalue weighted by Gasteiger charge is 2.22. The van der Waals surface area contributed by atoms with Crippen molar-refractivity contribution < 1.29 is 19.2 Å². The summed E-state index contributed by atoms with van der Waals surface area (Å²) in [6.45, 7) is 10.5. The molecule has 0 radical (unpaired) electrons. The number of alkyl carbamates (subject to hydrolysis) is 1. The average Bonchev–Trinajstić information content (AvgIpc) is 2.99. The fourth-order valence-corrected chi connectivity index (χ4v) is 3.63. The Morgan fingerprint density at radius 1 is 1.14 bits per heavy atom. The van der Waals surface area contributed by atoms with Gasteiger partial charge in [0.1, 0.15) is 11.4 Å². The number of pyridine rings is 1. The van der Waals surface area contributed by atoms with Gasteiger partial charge in [-0.3, -0.25) is 14.6 Å². The van der Waals surface area contributed by atoms with Crippen LogP contribution in [0.3, 0.4) is 0 Å². The van der Waals surface area contributed by atoms with Crippen LogP contribution in [0.15, 0.2) is 47.1 Å². The number of rotatable bonds is 8. The van der Waals surface area contributed by atoms with Gasteiger partial charge >= 0.3 is 6.09 Å². The quantitative estimate of drug-likeness (QED) is 0.513. The summed E-state index contributed by atoms with van der Waals surface area (Å²) in [5.41, 5.74) is 10.2. The van der Waals surface area contributed by atoms with E-state index in [9.17, 15) is 9.59 Å². The van der Waals surface area contributed by atoms with Crippen molar-refractivity contribution in [3.05, 3.63) is 53.4 Å². The molecule has 1 aliphatic heterocycles. The summed E-state index contributed by atoms with van der Waals surface area (Å²) in [6.07, 6.45) is 4.12. The molecule has 192 valence electrons. The molecule has 2 aromatic rings. The minimum absolute atomic E-state index is 0.200. The van der Waals surface area contributed by atoms with Gasteiger partial charge in [-0.05, 0) is 57.9 Å². The largest absolute Gasteiger partial charge is 0.444 e. The number of hydroxylamine groups is 2. The van der Waals surface area contributed by atoms with Crippen LogP contribution in [0, 0.1) is 0 Å². The Bertz CT molecular complexity index is 1140. The summed E-state index contributed by atoms with van der Waals surface area (Å²) < 4.78 is 5.25. The lowest BCUT2D eigenvalue weighted by atomic mass is 10.0. The molecule has 3 rings (SSSR count). The van der Waals surface area contributed by atoms with Gasteiger partial charge in [0.05, 0.1) is 24.5 Å².